The van der Waals surface area contributed by atoms with Crippen molar-refractivity contribution in [3.63, 3.8) is 0 Å². The molecule has 96 valence electrons. The Bertz CT molecular complexity index is 807. The first-order chi connectivity index (χ1) is 9.20. The van der Waals surface area contributed by atoms with Crippen LogP contribution in [0.5, 0.6) is 5.75 Å². The van der Waals surface area contributed by atoms with E-state index in [9.17, 15) is 9.18 Å². The summed E-state index contributed by atoms with van der Waals surface area (Å²) < 4.78 is 20.0. The van der Waals surface area contributed by atoms with Crippen molar-refractivity contribution in [1.29, 1.82) is 0 Å². The maximum Gasteiger partial charge on any atom is 0.331 e. The first kappa shape index (κ1) is 11.5. The number of nitrogens with zero attached hydrogens (tertiary/aromatic N) is 2. The molecule has 6 heteroatoms. The van der Waals surface area contributed by atoms with Gasteiger partial charge in [-0.15, -0.1) is 0 Å². The molecule has 0 bridgehead atoms. The van der Waals surface area contributed by atoms with E-state index in [4.69, 9.17) is 4.74 Å². The predicted molar refractivity (Wildman–Crippen MR) is 68.2 cm³/mol. The van der Waals surface area contributed by atoms with E-state index < -0.39 is 5.82 Å². The fourth-order valence-electron chi connectivity index (χ4n) is 2.01. The lowest BCUT2D eigenvalue weighted by atomic mass is 10.2. The fraction of sp³-hybridized carbons (Fsp3) is 0.0769. The van der Waals surface area contributed by atoms with Gasteiger partial charge in [-0.3, -0.25) is 9.55 Å². The van der Waals surface area contributed by atoms with Crippen molar-refractivity contribution in [3.8, 4) is 11.4 Å². The van der Waals surface area contributed by atoms with E-state index in [1.165, 1.54) is 23.8 Å². The van der Waals surface area contributed by atoms with Crippen LogP contribution in [0.15, 0.2) is 41.5 Å². The van der Waals surface area contributed by atoms with Crippen molar-refractivity contribution in [2.24, 2.45) is 0 Å². The minimum Gasteiger partial charge on any atom is -0.494 e. The predicted octanol–water partition coefficient (Wildman–Crippen LogP) is 1.86. The lowest BCUT2D eigenvalue weighted by Crippen LogP contribution is -2.14. The summed E-state index contributed by atoms with van der Waals surface area (Å²) in [6, 6.07) is 6.05. The number of hydrogen-bond acceptors (Lipinski definition) is 3. The third-order valence-electron chi connectivity index (χ3n) is 2.88. The normalized spacial score (nSPS) is 10.8. The molecule has 5 nitrogen and oxygen atoms in total. The average Bonchev–Trinajstić information content (AvgIpc) is 2.74. The van der Waals surface area contributed by atoms with Gasteiger partial charge in [0, 0.05) is 12.3 Å². The zero-order valence-corrected chi connectivity index (χ0v) is 10.1. The van der Waals surface area contributed by atoms with Gasteiger partial charge in [-0.25, -0.2) is 9.18 Å². The molecule has 0 spiro atoms. The second kappa shape index (κ2) is 4.24. The van der Waals surface area contributed by atoms with Crippen molar-refractivity contribution < 1.29 is 9.13 Å². The number of methoxy groups -OCH3 is 1. The number of halogens is 1. The molecule has 0 fully saturated rings. The zero-order valence-electron chi connectivity index (χ0n) is 10.1. The molecule has 0 aliphatic rings. The first-order valence-corrected chi connectivity index (χ1v) is 5.59. The van der Waals surface area contributed by atoms with E-state index in [-0.39, 0.29) is 11.4 Å². The number of benzene rings is 1. The maximum atomic E-state index is 13.7. The Labute approximate surface area is 107 Å². The molecule has 0 radical (unpaired) electrons. The highest BCUT2D eigenvalue weighted by Crippen LogP contribution is 2.21. The Hall–Kier alpha value is -2.63. The van der Waals surface area contributed by atoms with Crippen LogP contribution in [-0.2, 0) is 0 Å². The number of aromatic nitrogens is 3. The number of nitrogens with one attached hydrogen (secondary N) is 1. The lowest BCUT2D eigenvalue weighted by Gasteiger charge is -2.06. The largest absolute Gasteiger partial charge is 0.494 e. The summed E-state index contributed by atoms with van der Waals surface area (Å²) in [4.78, 5) is 18.5. The second-order valence-electron chi connectivity index (χ2n) is 3.98. The molecule has 0 saturated carbocycles. The molecule has 2 heterocycles. The molecule has 0 atom stereocenters. The third-order valence-corrected chi connectivity index (χ3v) is 2.88. The monoisotopic (exact) mass is 259 g/mol. The molecule has 1 N–H and O–H groups in total. The third kappa shape index (κ3) is 1.77. The van der Waals surface area contributed by atoms with Gasteiger partial charge in [-0.1, -0.05) is 0 Å². The Kier molecular flexibility index (Phi) is 2.56. The number of ether oxygens (including phenoxy) is 1. The van der Waals surface area contributed by atoms with Crippen molar-refractivity contribution >= 4 is 11.0 Å². The molecule has 2 aromatic heterocycles. The summed E-state index contributed by atoms with van der Waals surface area (Å²) in [6.07, 6.45) is 3.12. The summed E-state index contributed by atoms with van der Waals surface area (Å²) in [5.74, 6) is -0.381. The molecular weight excluding hydrogens is 249 g/mol. The quantitative estimate of drug-likeness (QED) is 0.764. The van der Waals surface area contributed by atoms with Crippen molar-refractivity contribution in [1.82, 2.24) is 14.5 Å². The van der Waals surface area contributed by atoms with Gasteiger partial charge in [0.15, 0.2) is 11.6 Å². The minimum absolute atomic E-state index is 0.137. The summed E-state index contributed by atoms with van der Waals surface area (Å²) in [7, 11) is 1.39. The molecule has 0 aliphatic heterocycles. The molecule has 0 saturated heterocycles. The number of fused-ring (bicyclic) bond motifs is 1. The van der Waals surface area contributed by atoms with Gasteiger partial charge in [0.2, 0.25) is 0 Å². The van der Waals surface area contributed by atoms with Gasteiger partial charge >= 0.3 is 5.69 Å². The van der Waals surface area contributed by atoms with Gasteiger partial charge in [-0.2, -0.15) is 0 Å². The number of aromatic amines is 1. The Morgan fingerprint density at radius 2 is 2.21 bits per heavy atom. The number of pyridine rings is 1. The van der Waals surface area contributed by atoms with Gasteiger partial charge in [0.1, 0.15) is 0 Å². The standard InChI is InChI=1S/C13H10FN3O2/c1-19-12-3-2-8(6-9(12)14)17-11-4-5-15-7-10(11)16-13(17)18/h2-7H,1H3,(H,16,18). The molecule has 0 unspecified atom stereocenters. The van der Waals surface area contributed by atoms with Gasteiger partial charge in [0.25, 0.3) is 0 Å². The molecule has 19 heavy (non-hydrogen) atoms. The van der Waals surface area contributed by atoms with Crippen molar-refractivity contribution in [2.75, 3.05) is 7.11 Å². The van der Waals surface area contributed by atoms with Crippen LogP contribution in [0.4, 0.5) is 4.39 Å². The van der Waals surface area contributed by atoms with Gasteiger partial charge in [-0.05, 0) is 18.2 Å². The number of H-pyrrole nitrogens is 1. The fourth-order valence-corrected chi connectivity index (χ4v) is 2.01. The minimum atomic E-state index is -0.518. The Balaban J connectivity index is 2.27. The van der Waals surface area contributed by atoms with Crippen LogP contribution in [0.1, 0.15) is 0 Å². The van der Waals surface area contributed by atoms with Crippen LogP contribution in [-0.4, -0.2) is 21.6 Å². The summed E-state index contributed by atoms with van der Waals surface area (Å²) in [6.45, 7) is 0. The number of rotatable bonds is 2. The van der Waals surface area contributed by atoms with E-state index in [0.29, 0.717) is 16.7 Å². The maximum absolute atomic E-state index is 13.7. The van der Waals surface area contributed by atoms with Crippen LogP contribution in [0.3, 0.4) is 0 Å². The smallest absolute Gasteiger partial charge is 0.331 e. The van der Waals surface area contributed by atoms with Crippen LogP contribution >= 0.6 is 0 Å². The van der Waals surface area contributed by atoms with E-state index in [0.717, 1.165) is 0 Å². The van der Waals surface area contributed by atoms with Crippen LogP contribution < -0.4 is 10.4 Å². The van der Waals surface area contributed by atoms with Crippen LogP contribution in [0.2, 0.25) is 0 Å². The SMILES string of the molecule is COc1ccc(-n2c(=O)[nH]c3cnccc32)cc1F. The Morgan fingerprint density at radius 3 is 2.95 bits per heavy atom. The first-order valence-electron chi connectivity index (χ1n) is 5.59. The van der Waals surface area contributed by atoms with Crippen molar-refractivity contribution in [3.05, 3.63) is 53.0 Å². The summed E-state index contributed by atoms with van der Waals surface area (Å²) in [5.41, 5.74) is 1.33. The summed E-state index contributed by atoms with van der Waals surface area (Å²) >= 11 is 0. The number of hydrogen-bond donors (Lipinski definition) is 1. The molecule has 1 aromatic carbocycles. The molecular formula is C13H10FN3O2. The lowest BCUT2D eigenvalue weighted by molar-refractivity contribution is 0.386. The van der Waals surface area contributed by atoms with E-state index in [2.05, 4.69) is 9.97 Å². The van der Waals surface area contributed by atoms with Crippen LogP contribution in [0.25, 0.3) is 16.7 Å². The number of imidazole rings is 1. The highest BCUT2D eigenvalue weighted by atomic mass is 19.1. The molecule has 0 aliphatic carbocycles. The van der Waals surface area contributed by atoms with E-state index in [1.807, 2.05) is 0 Å². The zero-order chi connectivity index (χ0) is 13.4. The topological polar surface area (TPSA) is 59.9 Å². The summed E-state index contributed by atoms with van der Waals surface area (Å²) in [5, 5.41) is 0. The average molecular weight is 259 g/mol. The highest BCUT2D eigenvalue weighted by molar-refractivity contribution is 5.76. The van der Waals surface area contributed by atoms with Crippen molar-refractivity contribution in [2.45, 2.75) is 0 Å². The van der Waals surface area contributed by atoms with E-state index >= 15 is 0 Å². The van der Waals surface area contributed by atoms with Gasteiger partial charge < -0.3 is 9.72 Å². The molecule has 0 amide bonds. The Morgan fingerprint density at radius 1 is 1.37 bits per heavy atom. The highest BCUT2D eigenvalue weighted by Gasteiger charge is 2.11. The molecule has 3 rings (SSSR count). The molecule has 3 aromatic rings. The second-order valence-corrected chi connectivity index (χ2v) is 3.98. The van der Waals surface area contributed by atoms with Crippen LogP contribution in [0, 0.1) is 5.82 Å². The van der Waals surface area contributed by atoms with Gasteiger partial charge in [0.05, 0.1) is 30.0 Å². The van der Waals surface area contributed by atoms with E-state index in [1.54, 1.807) is 24.5 Å².